The van der Waals surface area contributed by atoms with Gasteiger partial charge < -0.3 is 15.2 Å². The molecule has 1 aromatic carbocycles. The highest BCUT2D eigenvalue weighted by Crippen LogP contribution is 2.25. The molecule has 2 aliphatic rings. The number of carbonyl (C=O) groups is 1. The molecule has 5 nitrogen and oxygen atoms in total. The van der Waals surface area contributed by atoms with Crippen molar-refractivity contribution in [2.45, 2.75) is 19.4 Å². The van der Waals surface area contributed by atoms with Gasteiger partial charge in [-0.2, -0.15) is 0 Å². The van der Waals surface area contributed by atoms with Gasteiger partial charge in [0.15, 0.2) is 0 Å². The van der Waals surface area contributed by atoms with Gasteiger partial charge in [0, 0.05) is 30.1 Å². The average molecular weight is 331 g/mol. The average Bonchev–Trinajstić information content (AvgIpc) is 3.23. The topological polar surface area (TPSA) is 61.0 Å². The number of benzene rings is 1. The van der Waals surface area contributed by atoms with Gasteiger partial charge in [0.2, 0.25) is 5.91 Å². The summed E-state index contributed by atoms with van der Waals surface area (Å²) >= 11 is 5.94. The molecule has 1 amide bonds. The summed E-state index contributed by atoms with van der Waals surface area (Å²) < 4.78 is 0. The largest absolute Gasteiger partial charge is 0.340 e. The number of hydrogen-bond donors (Lipinski definition) is 2. The van der Waals surface area contributed by atoms with Crippen LogP contribution < -0.4 is 5.32 Å². The molecule has 1 fully saturated rings. The third-order valence-electron chi connectivity index (χ3n) is 4.67. The molecule has 0 saturated carbocycles. The Morgan fingerprint density at radius 1 is 1.30 bits per heavy atom. The van der Waals surface area contributed by atoms with E-state index in [-0.39, 0.29) is 11.8 Å². The van der Waals surface area contributed by atoms with Crippen LogP contribution in [0.4, 0.5) is 0 Å². The van der Waals surface area contributed by atoms with Gasteiger partial charge in [-0.25, -0.2) is 4.98 Å². The van der Waals surface area contributed by atoms with E-state index in [1.54, 1.807) is 0 Å². The van der Waals surface area contributed by atoms with Gasteiger partial charge in [-0.15, -0.1) is 0 Å². The summed E-state index contributed by atoms with van der Waals surface area (Å²) in [5, 5.41) is 3.98. The van der Waals surface area contributed by atoms with Crippen LogP contribution in [0.2, 0.25) is 5.02 Å². The fraction of sp³-hybridized carbons (Fsp3) is 0.412. The van der Waals surface area contributed by atoms with Gasteiger partial charge in [0.25, 0.3) is 0 Å². The Labute approximate surface area is 140 Å². The third-order valence-corrected chi connectivity index (χ3v) is 4.92. The monoisotopic (exact) mass is 330 g/mol. The summed E-state index contributed by atoms with van der Waals surface area (Å²) in [6, 6.07) is 7.64. The molecule has 0 radical (unpaired) electrons. The number of aromatic amines is 1. The molecule has 23 heavy (non-hydrogen) atoms. The van der Waals surface area contributed by atoms with Gasteiger partial charge in [0.05, 0.1) is 23.9 Å². The number of hydrogen-bond acceptors (Lipinski definition) is 3. The molecule has 1 saturated heterocycles. The zero-order chi connectivity index (χ0) is 15.8. The summed E-state index contributed by atoms with van der Waals surface area (Å²) in [6.07, 6.45) is 1.76. The van der Waals surface area contributed by atoms with E-state index in [9.17, 15) is 4.79 Å². The highest BCUT2D eigenvalue weighted by atomic mass is 35.5. The molecule has 0 bridgehead atoms. The smallest absolute Gasteiger partial charge is 0.227 e. The molecule has 4 rings (SSSR count). The molecule has 3 heterocycles. The number of halogens is 1. The maximum atomic E-state index is 12.6. The zero-order valence-electron chi connectivity index (χ0n) is 12.8. The van der Waals surface area contributed by atoms with Gasteiger partial charge >= 0.3 is 0 Å². The van der Waals surface area contributed by atoms with Crippen molar-refractivity contribution >= 4 is 17.5 Å². The summed E-state index contributed by atoms with van der Waals surface area (Å²) in [5.41, 5.74) is 3.14. The number of nitrogens with zero attached hydrogens (tertiary/aromatic N) is 2. The van der Waals surface area contributed by atoms with Crippen LogP contribution in [-0.2, 0) is 17.8 Å². The second-order valence-corrected chi connectivity index (χ2v) is 6.65. The first-order valence-electron chi connectivity index (χ1n) is 8.04. The number of amides is 1. The van der Waals surface area contributed by atoms with E-state index in [2.05, 4.69) is 10.3 Å². The van der Waals surface area contributed by atoms with Crippen molar-refractivity contribution in [3.05, 3.63) is 40.7 Å². The molecule has 2 N–H and O–H groups in total. The lowest BCUT2D eigenvalue weighted by atomic mass is 10.0. The first-order chi connectivity index (χ1) is 11.2. The van der Waals surface area contributed by atoms with Crippen LogP contribution in [0.5, 0.6) is 0 Å². The van der Waals surface area contributed by atoms with E-state index in [4.69, 9.17) is 16.6 Å². The van der Waals surface area contributed by atoms with Crippen LogP contribution in [0.1, 0.15) is 17.8 Å². The number of imidazole rings is 1. The van der Waals surface area contributed by atoms with Crippen molar-refractivity contribution in [3.63, 3.8) is 0 Å². The fourth-order valence-corrected chi connectivity index (χ4v) is 3.48. The van der Waals surface area contributed by atoms with Crippen molar-refractivity contribution in [1.82, 2.24) is 20.2 Å². The third kappa shape index (κ3) is 2.86. The van der Waals surface area contributed by atoms with Gasteiger partial charge in [-0.3, -0.25) is 4.79 Å². The van der Waals surface area contributed by atoms with Crippen LogP contribution in [0, 0.1) is 5.92 Å². The van der Waals surface area contributed by atoms with Gasteiger partial charge in [0.1, 0.15) is 5.82 Å². The maximum absolute atomic E-state index is 12.6. The Hall–Kier alpha value is -1.85. The predicted molar refractivity (Wildman–Crippen MR) is 89.1 cm³/mol. The Bertz CT molecular complexity index is 719. The quantitative estimate of drug-likeness (QED) is 0.887. The summed E-state index contributed by atoms with van der Waals surface area (Å²) in [4.78, 5) is 22.6. The van der Waals surface area contributed by atoms with E-state index >= 15 is 0 Å². The van der Waals surface area contributed by atoms with Gasteiger partial charge in [-0.1, -0.05) is 11.6 Å². The number of fused-ring (bicyclic) bond motifs is 1. The normalized spacial score (nSPS) is 20.6. The molecular weight excluding hydrogens is 312 g/mol. The minimum absolute atomic E-state index is 0.134. The number of carbonyl (C=O) groups excluding carboxylic acids is 1. The standard InChI is InChI=1S/C17H19ClN4O/c18-13-3-1-11(2-4-13)16-20-14-6-8-22(10-15(14)21-16)17(23)12-5-7-19-9-12/h1-4,12,19H,5-10H2,(H,20,21). The predicted octanol–water partition coefficient (Wildman–Crippen LogP) is 2.22. The zero-order valence-corrected chi connectivity index (χ0v) is 13.6. The minimum atomic E-state index is 0.134. The lowest BCUT2D eigenvalue weighted by molar-refractivity contribution is -0.135. The summed E-state index contributed by atoms with van der Waals surface area (Å²) in [7, 11) is 0. The Morgan fingerprint density at radius 2 is 2.13 bits per heavy atom. The van der Waals surface area contributed by atoms with Gasteiger partial charge in [-0.05, 0) is 37.2 Å². The minimum Gasteiger partial charge on any atom is -0.340 e. The molecule has 2 aliphatic heterocycles. The number of nitrogens with one attached hydrogen (secondary N) is 2. The highest BCUT2D eigenvalue weighted by molar-refractivity contribution is 6.30. The molecule has 0 aliphatic carbocycles. The second-order valence-electron chi connectivity index (χ2n) is 6.22. The Morgan fingerprint density at radius 3 is 2.87 bits per heavy atom. The number of rotatable bonds is 2. The fourth-order valence-electron chi connectivity index (χ4n) is 3.35. The molecule has 1 aromatic heterocycles. The SMILES string of the molecule is O=C(C1CCNC1)N1CCc2nc(-c3ccc(Cl)cc3)[nH]c2C1. The first kappa shape index (κ1) is 14.7. The van der Waals surface area contributed by atoms with Crippen molar-refractivity contribution in [2.75, 3.05) is 19.6 Å². The van der Waals surface area contributed by atoms with Crippen LogP contribution in [0.25, 0.3) is 11.4 Å². The Balaban J connectivity index is 1.53. The molecule has 2 aromatic rings. The molecule has 120 valence electrons. The van der Waals surface area contributed by atoms with E-state index in [1.165, 1.54) is 0 Å². The van der Waals surface area contributed by atoms with Crippen molar-refractivity contribution < 1.29 is 4.79 Å². The molecule has 1 atom stereocenters. The van der Waals surface area contributed by atoms with Crippen LogP contribution in [0.3, 0.4) is 0 Å². The van der Waals surface area contributed by atoms with E-state index in [1.807, 2.05) is 29.2 Å². The van der Waals surface area contributed by atoms with E-state index in [0.29, 0.717) is 11.6 Å². The molecule has 0 spiro atoms. The highest BCUT2D eigenvalue weighted by Gasteiger charge is 2.30. The lowest BCUT2D eigenvalue weighted by Gasteiger charge is -2.28. The summed E-state index contributed by atoms with van der Waals surface area (Å²) in [5.74, 6) is 1.25. The van der Waals surface area contributed by atoms with Crippen molar-refractivity contribution in [2.24, 2.45) is 5.92 Å². The van der Waals surface area contributed by atoms with E-state index in [0.717, 1.165) is 55.3 Å². The molecule has 6 heteroatoms. The molecular formula is C17H19ClN4O. The van der Waals surface area contributed by atoms with Crippen molar-refractivity contribution in [1.29, 1.82) is 0 Å². The lowest BCUT2D eigenvalue weighted by Crippen LogP contribution is -2.40. The second kappa shape index (κ2) is 5.98. The molecule has 1 unspecified atom stereocenters. The van der Waals surface area contributed by atoms with Crippen LogP contribution >= 0.6 is 11.6 Å². The number of H-pyrrole nitrogens is 1. The van der Waals surface area contributed by atoms with E-state index < -0.39 is 0 Å². The number of aromatic nitrogens is 2. The first-order valence-corrected chi connectivity index (χ1v) is 8.42. The van der Waals surface area contributed by atoms with Crippen molar-refractivity contribution in [3.8, 4) is 11.4 Å². The van der Waals surface area contributed by atoms with Crippen LogP contribution in [-0.4, -0.2) is 40.4 Å². The summed E-state index contributed by atoms with van der Waals surface area (Å²) in [6.45, 7) is 3.14. The maximum Gasteiger partial charge on any atom is 0.227 e. The Kier molecular flexibility index (Phi) is 3.83. The van der Waals surface area contributed by atoms with Crippen LogP contribution in [0.15, 0.2) is 24.3 Å².